The normalized spacial score (nSPS) is 19.3. The van der Waals surface area contributed by atoms with Crippen molar-refractivity contribution in [2.45, 2.75) is 31.0 Å². The van der Waals surface area contributed by atoms with Crippen molar-refractivity contribution in [1.82, 2.24) is 9.55 Å². The van der Waals surface area contributed by atoms with Crippen molar-refractivity contribution in [2.24, 2.45) is 4.99 Å². The second kappa shape index (κ2) is 9.60. The van der Waals surface area contributed by atoms with Gasteiger partial charge in [0.05, 0.1) is 23.1 Å². The van der Waals surface area contributed by atoms with Crippen LogP contribution in [-0.2, 0) is 15.7 Å². The molecule has 3 aromatic rings. The maximum Gasteiger partial charge on any atom is 0.542 e. The largest absolute Gasteiger partial charge is 0.542 e. The van der Waals surface area contributed by atoms with Crippen molar-refractivity contribution >= 4 is 33.4 Å². The number of aromatic nitrogens is 2. The molecule has 0 saturated heterocycles. The molecule has 2 atom stereocenters. The lowest BCUT2D eigenvalue weighted by Crippen LogP contribution is -2.21. The fraction of sp³-hybridized carbons (Fsp3) is 0.182. The van der Waals surface area contributed by atoms with Gasteiger partial charge in [-0.1, -0.05) is 40.4 Å². The number of hydrogen-bond acceptors (Lipinski definition) is 7. The van der Waals surface area contributed by atoms with Gasteiger partial charge in [0.25, 0.3) is 0 Å². The number of fused-ring (bicyclic) bond motifs is 1. The van der Waals surface area contributed by atoms with Crippen LogP contribution in [0.25, 0.3) is 0 Å². The molecule has 2 unspecified atom stereocenters. The third kappa shape index (κ3) is 5.11. The van der Waals surface area contributed by atoms with Gasteiger partial charge in [-0.25, -0.2) is 9.98 Å². The first kappa shape index (κ1) is 24.6. The molecule has 2 heterocycles. The molecule has 1 aromatic heterocycles. The smallest absolute Gasteiger partial charge is 0.382 e. The number of benzene rings is 2. The van der Waals surface area contributed by atoms with E-state index in [2.05, 4.69) is 14.2 Å². The minimum atomic E-state index is -4.97. The summed E-state index contributed by atoms with van der Waals surface area (Å²) in [6.45, 7) is 1.63. The number of alkyl halides is 3. The van der Waals surface area contributed by atoms with E-state index < -0.39 is 23.1 Å². The number of nitriles is 2. The van der Waals surface area contributed by atoms with E-state index >= 15 is 0 Å². The van der Waals surface area contributed by atoms with E-state index in [0.29, 0.717) is 11.3 Å². The van der Waals surface area contributed by atoms with Gasteiger partial charge in [-0.3, -0.25) is 4.57 Å². The van der Waals surface area contributed by atoms with Crippen LogP contribution < -0.4 is 4.18 Å². The molecule has 0 N–H and O–H groups in total. The van der Waals surface area contributed by atoms with E-state index in [1.807, 2.05) is 12.1 Å². The molecule has 1 aliphatic rings. The predicted molar refractivity (Wildman–Crippen MR) is 121 cm³/mol. The van der Waals surface area contributed by atoms with Gasteiger partial charge in [0, 0.05) is 6.07 Å². The molecule has 1 aliphatic heterocycles. The minimum Gasteiger partial charge on any atom is -0.382 e. The van der Waals surface area contributed by atoms with Crippen LogP contribution in [0.3, 0.4) is 0 Å². The van der Waals surface area contributed by atoms with E-state index in [-0.39, 0.29) is 33.8 Å². The number of ether oxygens (including phenoxy) is 1. The summed E-state index contributed by atoms with van der Waals surface area (Å²) in [4.78, 5) is 8.05. The Balaban J connectivity index is 1.54. The standard InChI is InChI=1S/C22H15ClF3N5O3S/c1-14(32-13-31-11-29-19(9-27)20(31)10-28)16-7-6-15(8-17(16)23)33-35(34-22(24,25)26)12-30-18-4-2-3-5-21(18)35/h2-8,11-12,14H,13H2,1H3. The summed E-state index contributed by atoms with van der Waals surface area (Å²) in [6.07, 6.45) is -4.23. The summed E-state index contributed by atoms with van der Waals surface area (Å²) in [7, 11) is -3.41. The van der Waals surface area contributed by atoms with E-state index in [4.69, 9.17) is 25.8 Å². The van der Waals surface area contributed by atoms with Crippen LogP contribution in [0.15, 0.2) is 58.7 Å². The highest BCUT2D eigenvalue weighted by atomic mass is 35.5. The Kier molecular flexibility index (Phi) is 6.74. The molecule has 13 heteroatoms. The van der Waals surface area contributed by atoms with Crippen molar-refractivity contribution < 1.29 is 26.3 Å². The van der Waals surface area contributed by atoms with Crippen LogP contribution >= 0.6 is 22.2 Å². The van der Waals surface area contributed by atoms with Crippen LogP contribution in [0.4, 0.5) is 18.9 Å². The van der Waals surface area contributed by atoms with Gasteiger partial charge in [-0.2, -0.15) is 14.7 Å². The first-order valence-corrected chi connectivity index (χ1v) is 11.8. The number of halogens is 4. The Bertz CT molecular complexity index is 1380. The quantitative estimate of drug-likeness (QED) is 0.361. The van der Waals surface area contributed by atoms with Gasteiger partial charge < -0.3 is 8.92 Å². The summed E-state index contributed by atoms with van der Waals surface area (Å²) in [6, 6.07) is 14.4. The zero-order chi connectivity index (χ0) is 25.2. The summed E-state index contributed by atoms with van der Waals surface area (Å²) in [5.74, 6) is 0.0494. The highest BCUT2D eigenvalue weighted by Crippen LogP contribution is 2.64. The number of hydrogen-bond donors (Lipinski definition) is 0. The second-order valence-corrected chi connectivity index (χ2v) is 9.60. The number of rotatable bonds is 7. The van der Waals surface area contributed by atoms with Crippen LogP contribution in [0.2, 0.25) is 5.02 Å². The van der Waals surface area contributed by atoms with Crippen LogP contribution in [-0.4, -0.2) is 21.5 Å². The Hall–Kier alpha value is -3.55. The first-order chi connectivity index (χ1) is 16.7. The molecule has 0 radical (unpaired) electrons. The van der Waals surface area contributed by atoms with E-state index in [9.17, 15) is 18.4 Å². The van der Waals surface area contributed by atoms with Gasteiger partial charge in [0.1, 0.15) is 29.3 Å². The molecule has 0 aliphatic carbocycles. The number of imidazole rings is 1. The van der Waals surface area contributed by atoms with Gasteiger partial charge >= 0.3 is 6.36 Å². The van der Waals surface area contributed by atoms with Crippen molar-refractivity contribution in [1.29, 1.82) is 10.5 Å². The first-order valence-electron chi connectivity index (χ1n) is 9.85. The SMILES string of the molecule is CC(OCn1cnc(C#N)c1C#N)c1ccc(OS2(OC(F)(F)F)C=Nc3ccccc32)cc1Cl. The lowest BCUT2D eigenvalue weighted by molar-refractivity contribution is -0.271. The maximum absolute atomic E-state index is 13.3. The van der Waals surface area contributed by atoms with Gasteiger partial charge in [0.2, 0.25) is 0 Å². The fourth-order valence-electron chi connectivity index (χ4n) is 3.27. The number of nitrogens with zero attached hydrogens (tertiary/aromatic N) is 5. The highest BCUT2D eigenvalue weighted by Gasteiger charge is 2.43. The molecule has 4 rings (SSSR count). The average Bonchev–Trinajstić information content (AvgIpc) is 3.37. The van der Waals surface area contributed by atoms with Gasteiger partial charge in [0.15, 0.2) is 17.1 Å². The van der Waals surface area contributed by atoms with Crippen molar-refractivity contribution in [3.8, 4) is 17.9 Å². The summed E-state index contributed by atoms with van der Waals surface area (Å²) >= 11 is 6.39. The Morgan fingerprint density at radius 3 is 2.63 bits per heavy atom. The average molecular weight is 522 g/mol. The minimum absolute atomic E-state index is 0.0159. The molecule has 0 bridgehead atoms. The van der Waals surface area contributed by atoms with Crippen LogP contribution in [0.1, 0.15) is 30.0 Å². The lowest BCUT2D eigenvalue weighted by Gasteiger charge is -2.37. The Morgan fingerprint density at radius 2 is 1.94 bits per heavy atom. The molecule has 0 spiro atoms. The van der Waals surface area contributed by atoms with E-state index in [0.717, 1.165) is 5.55 Å². The van der Waals surface area contributed by atoms with E-state index in [1.165, 1.54) is 29.1 Å². The van der Waals surface area contributed by atoms with Crippen molar-refractivity contribution in [2.75, 3.05) is 0 Å². The number of para-hydroxylation sites is 1. The van der Waals surface area contributed by atoms with Gasteiger partial charge in [-0.15, -0.1) is 13.2 Å². The molecular weight excluding hydrogens is 507 g/mol. The highest BCUT2D eigenvalue weighted by molar-refractivity contribution is 8.37. The molecule has 2 aromatic carbocycles. The number of aliphatic imine (C=N–C) groups is 1. The maximum atomic E-state index is 13.3. The molecule has 8 nitrogen and oxygen atoms in total. The Morgan fingerprint density at radius 1 is 1.17 bits per heavy atom. The monoisotopic (exact) mass is 521 g/mol. The predicted octanol–water partition coefficient (Wildman–Crippen LogP) is 6.30. The summed E-state index contributed by atoms with van der Waals surface area (Å²) in [5, 5.41) is 18.4. The van der Waals surface area contributed by atoms with Gasteiger partial charge in [-0.05, 0) is 30.7 Å². The summed E-state index contributed by atoms with van der Waals surface area (Å²) < 4.78 is 57.1. The Labute approximate surface area is 204 Å². The molecular formula is C22H15ClF3N5O3S. The fourth-order valence-corrected chi connectivity index (χ4v) is 5.61. The third-order valence-electron chi connectivity index (χ3n) is 4.86. The zero-order valence-electron chi connectivity index (χ0n) is 17.9. The molecule has 0 saturated carbocycles. The summed E-state index contributed by atoms with van der Waals surface area (Å²) in [5.41, 5.74) is 1.93. The lowest BCUT2D eigenvalue weighted by atomic mass is 10.1. The van der Waals surface area contributed by atoms with E-state index in [1.54, 1.807) is 31.2 Å². The molecule has 180 valence electrons. The molecule has 0 amide bonds. The van der Waals surface area contributed by atoms with Crippen LogP contribution in [0.5, 0.6) is 5.75 Å². The van der Waals surface area contributed by atoms with Crippen LogP contribution in [0, 0.1) is 22.7 Å². The van der Waals surface area contributed by atoms with Crippen molar-refractivity contribution in [3.05, 3.63) is 70.8 Å². The zero-order valence-corrected chi connectivity index (χ0v) is 19.4. The van der Waals surface area contributed by atoms with Crippen molar-refractivity contribution in [3.63, 3.8) is 0 Å². The topological polar surface area (TPSA) is 105 Å². The molecule has 35 heavy (non-hydrogen) atoms. The molecule has 0 fully saturated rings. The third-order valence-corrected chi connectivity index (χ3v) is 7.41. The second-order valence-electron chi connectivity index (χ2n) is 7.12.